The Bertz CT molecular complexity index is 1130. The lowest BCUT2D eigenvalue weighted by Crippen LogP contribution is -2.56. The van der Waals surface area contributed by atoms with Crippen LogP contribution in [0.2, 0.25) is 0 Å². The highest BCUT2D eigenvalue weighted by Crippen LogP contribution is 2.19. The van der Waals surface area contributed by atoms with E-state index in [0.29, 0.717) is 32.2 Å². The highest BCUT2D eigenvalue weighted by molar-refractivity contribution is 5.93. The van der Waals surface area contributed by atoms with E-state index in [0.717, 1.165) is 22.0 Å². The van der Waals surface area contributed by atoms with E-state index < -0.39 is 35.8 Å². The van der Waals surface area contributed by atoms with E-state index in [1.165, 1.54) is 0 Å². The zero-order valence-electron chi connectivity index (χ0n) is 19.7. The van der Waals surface area contributed by atoms with Crippen molar-refractivity contribution in [3.63, 3.8) is 0 Å². The zero-order chi connectivity index (χ0) is 25.2. The van der Waals surface area contributed by atoms with Crippen molar-refractivity contribution in [1.82, 2.24) is 15.6 Å². The Morgan fingerprint density at radius 1 is 0.857 bits per heavy atom. The molecular weight excluding hydrogens is 444 g/mol. The van der Waals surface area contributed by atoms with Crippen LogP contribution in [0.1, 0.15) is 30.4 Å². The second-order valence-electron chi connectivity index (χ2n) is 8.67. The van der Waals surface area contributed by atoms with Crippen LogP contribution in [-0.4, -0.2) is 47.4 Å². The highest BCUT2D eigenvalue weighted by Gasteiger charge is 2.27. The number of hydrogen-bond acceptors (Lipinski definition) is 5. The van der Waals surface area contributed by atoms with Gasteiger partial charge in [-0.1, -0.05) is 48.5 Å². The number of carbonyl (C=O) groups is 3. The van der Waals surface area contributed by atoms with E-state index >= 15 is 0 Å². The lowest BCUT2D eigenvalue weighted by molar-refractivity contribution is -0.131. The number of rotatable bonds is 13. The van der Waals surface area contributed by atoms with Gasteiger partial charge in [-0.15, -0.1) is 0 Å². The Morgan fingerprint density at radius 3 is 2.26 bits per heavy atom. The number of amides is 3. The van der Waals surface area contributed by atoms with Crippen molar-refractivity contribution in [2.45, 2.75) is 50.2 Å². The van der Waals surface area contributed by atoms with Gasteiger partial charge in [0.15, 0.2) is 0 Å². The Morgan fingerprint density at radius 2 is 1.54 bits per heavy atom. The van der Waals surface area contributed by atoms with Crippen molar-refractivity contribution >= 4 is 28.6 Å². The van der Waals surface area contributed by atoms with Crippen molar-refractivity contribution in [3.05, 3.63) is 71.9 Å². The van der Waals surface area contributed by atoms with Crippen LogP contribution in [0.3, 0.4) is 0 Å². The number of carbonyl (C=O) groups excluding carboxylic acids is 3. The van der Waals surface area contributed by atoms with Crippen LogP contribution < -0.4 is 27.8 Å². The molecule has 0 aliphatic rings. The molecule has 0 bridgehead atoms. The number of hydrogen-bond donors (Lipinski definition) is 6. The third-order valence-electron chi connectivity index (χ3n) is 5.97. The van der Waals surface area contributed by atoms with E-state index in [4.69, 9.17) is 17.2 Å². The normalized spacial score (nSPS) is 13.7. The topological polar surface area (TPSA) is 169 Å². The number of aromatic amines is 1. The SMILES string of the molecule is NCCCC[C@H](NC(=O)[C@@H](Cc1ccccc1)NC(=O)[C@@H](N)Cc1c[nH]c2ccccc12)C(N)=O. The summed E-state index contributed by atoms with van der Waals surface area (Å²) < 4.78 is 0. The largest absolute Gasteiger partial charge is 0.368 e. The number of fused-ring (bicyclic) bond motifs is 1. The fourth-order valence-electron chi connectivity index (χ4n) is 4.02. The number of H-pyrrole nitrogens is 1. The lowest BCUT2D eigenvalue weighted by Gasteiger charge is -2.23. The quantitative estimate of drug-likeness (QED) is 0.200. The Labute approximate surface area is 204 Å². The molecule has 35 heavy (non-hydrogen) atoms. The van der Waals surface area contributed by atoms with Crippen LogP contribution >= 0.6 is 0 Å². The van der Waals surface area contributed by atoms with Crippen molar-refractivity contribution < 1.29 is 14.4 Å². The van der Waals surface area contributed by atoms with Gasteiger partial charge in [0, 0.05) is 23.5 Å². The van der Waals surface area contributed by atoms with Gasteiger partial charge in [-0.3, -0.25) is 14.4 Å². The maximum Gasteiger partial charge on any atom is 0.243 e. The number of nitrogens with two attached hydrogens (primary N) is 3. The van der Waals surface area contributed by atoms with Gasteiger partial charge in [-0.2, -0.15) is 0 Å². The molecule has 1 aromatic heterocycles. The number of nitrogens with one attached hydrogen (secondary N) is 3. The van der Waals surface area contributed by atoms with Crippen LogP contribution in [0.25, 0.3) is 10.9 Å². The monoisotopic (exact) mass is 478 g/mol. The Hall–Kier alpha value is -3.69. The smallest absolute Gasteiger partial charge is 0.243 e. The first kappa shape index (κ1) is 25.9. The highest BCUT2D eigenvalue weighted by atomic mass is 16.2. The summed E-state index contributed by atoms with van der Waals surface area (Å²) in [4.78, 5) is 41.2. The number of benzene rings is 2. The zero-order valence-corrected chi connectivity index (χ0v) is 19.7. The molecule has 3 rings (SSSR count). The number of para-hydroxylation sites is 1. The van der Waals surface area contributed by atoms with Gasteiger partial charge in [-0.25, -0.2) is 0 Å². The Balaban J connectivity index is 1.71. The fraction of sp³-hybridized carbons (Fsp3) is 0.346. The molecule has 9 heteroatoms. The second kappa shape index (κ2) is 12.7. The predicted molar refractivity (Wildman–Crippen MR) is 136 cm³/mol. The minimum absolute atomic E-state index is 0.243. The first-order chi connectivity index (χ1) is 16.9. The summed E-state index contributed by atoms with van der Waals surface area (Å²) in [5.41, 5.74) is 20.0. The van der Waals surface area contributed by atoms with Crippen LogP contribution in [0.15, 0.2) is 60.8 Å². The summed E-state index contributed by atoms with van der Waals surface area (Å²) in [7, 11) is 0. The summed E-state index contributed by atoms with van der Waals surface area (Å²) in [5, 5.41) is 6.47. The standard InChI is InChI=1S/C26H34N6O3/c27-13-7-6-12-22(24(29)33)31-26(35)23(14-17-8-2-1-3-9-17)32-25(34)20(28)15-18-16-30-21-11-5-4-10-19(18)21/h1-5,8-11,16,20,22-23,30H,6-7,12-15,27-28H2,(H2,29,33)(H,31,35)(H,32,34)/t20-,22-,23+/m0/s1. The predicted octanol–water partition coefficient (Wildman–Crippen LogP) is 0.864. The van der Waals surface area contributed by atoms with Crippen molar-refractivity contribution in [1.29, 1.82) is 0 Å². The Kier molecular flexibility index (Phi) is 9.39. The molecule has 0 radical (unpaired) electrons. The van der Waals surface area contributed by atoms with Crippen LogP contribution in [0, 0.1) is 0 Å². The lowest BCUT2D eigenvalue weighted by atomic mass is 10.0. The molecule has 0 saturated heterocycles. The van der Waals surface area contributed by atoms with Crippen LogP contribution in [-0.2, 0) is 27.2 Å². The van der Waals surface area contributed by atoms with Crippen molar-refractivity contribution in [2.75, 3.05) is 6.54 Å². The van der Waals surface area contributed by atoms with E-state index in [-0.39, 0.29) is 6.42 Å². The average molecular weight is 479 g/mol. The maximum absolute atomic E-state index is 13.1. The molecule has 186 valence electrons. The first-order valence-corrected chi connectivity index (χ1v) is 11.8. The molecule has 0 aliphatic heterocycles. The van der Waals surface area contributed by atoms with Gasteiger partial charge >= 0.3 is 0 Å². The van der Waals surface area contributed by atoms with Crippen molar-refractivity contribution in [3.8, 4) is 0 Å². The molecule has 0 aliphatic carbocycles. The fourth-order valence-corrected chi connectivity index (χ4v) is 4.02. The van der Waals surface area contributed by atoms with Gasteiger partial charge in [0.1, 0.15) is 12.1 Å². The minimum atomic E-state index is -0.921. The average Bonchev–Trinajstić information content (AvgIpc) is 3.26. The van der Waals surface area contributed by atoms with E-state index in [1.54, 1.807) is 0 Å². The molecule has 0 spiro atoms. The molecule has 0 fully saturated rings. The molecule has 0 unspecified atom stereocenters. The van der Waals surface area contributed by atoms with E-state index in [9.17, 15) is 14.4 Å². The van der Waals surface area contributed by atoms with Gasteiger partial charge in [-0.05, 0) is 49.4 Å². The summed E-state index contributed by atoms with van der Waals surface area (Å²) in [6.45, 7) is 0.487. The third kappa shape index (κ3) is 7.40. The van der Waals surface area contributed by atoms with Gasteiger partial charge in [0.2, 0.25) is 17.7 Å². The third-order valence-corrected chi connectivity index (χ3v) is 5.97. The van der Waals surface area contributed by atoms with Crippen LogP contribution in [0.5, 0.6) is 0 Å². The molecular formula is C26H34N6O3. The molecule has 9 nitrogen and oxygen atoms in total. The number of unbranched alkanes of at least 4 members (excludes halogenated alkanes) is 1. The summed E-state index contributed by atoms with van der Waals surface area (Å²) in [6, 6.07) is 14.5. The summed E-state index contributed by atoms with van der Waals surface area (Å²) in [5.74, 6) is -1.57. The molecule has 3 aromatic rings. The molecule has 3 amide bonds. The summed E-state index contributed by atoms with van der Waals surface area (Å²) in [6.07, 6.45) is 4.13. The van der Waals surface area contributed by atoms with Crippen LogP contribution in [0.4, 0.5) is 0 Å². The van der Waals surface area contributed by atoms with Crippen molar-refractivity contribution in [2.24, 2.45) is 17.2 Å². The van der Waals surface area contributed by atoms with E-state index in [2.05, 4.69) is 15.6 Å². The second-order valence-corrected chi connectivity index (χ2v) is 8.67. The van der Waals surface area contributed by atoms with E-state index in [1.807, 2.05) is 60.8 Å². The first-order valence-electron chi connectivity index (χ1n) is 11.8. The number of aromatic nitrogens is 1. The maximum atomic E-state index is 13.1. The summed E-state index contributed by atoms with van der Waals surface area (Å²) >= 11 is 0. The molecule has 3 atom stereocenters. The molecule has 0 saturated carbocycles. The molecule has 2 aromatic carbocycles. The molecule has 1 heterocycles. The molecule has 9 N–H and O–H groups in total. The van der Waals surface area contributed by atoms with Gasteiger partial charge < -0.3 is 32.8 Å². The minimum Gasteiger partial charge on any atom is -0.368 e. The van der Waals surface area contributed by atoms with Gasteiger partial charge in [0.05, 0.1) is 6.04 Å². The number of primary amides is 1. The van der Waals surface area contributed by atoms with Gasteiger partial charge in [0.25, 0.3) is 0 Å².